The average molecular weight is 440 g/mol. The Hall–Kier alpha value is -2.74. The second-order valence-electron chi connectivity index (χ2n) is 7.70. The van der Waals surface area contributed by atoms with Gasteiger partial charge in [-0.25, -0.2) is 13.1 Å². The number of carbonyl (C=O) groups is 1. The summed E-state index contributed by atoms with van der Waals surface area (Å²) in [4.78, 5) is 14.5. The minimum atomic E-state index is -3.61. The first-order valence-electron chi connectivity index (χ1n) is 10.3. The van der Waals surface area contributed by atoms with Gasteiger partial charge in [0.25, 0.3) is 0 Å². The predicted octanol–water partition coefficient (Wildman–Crippen LogP) is 3.32. The van der Waals surface area contributed by atoms with Crippen LogP contribution in [0.4, 0.5) is 0 Å². The van der Waals surface area contributed by atoms with Crippen LogP contribution in [-0.4, -0.2) is 46.4 Å². The Morgan fingerprint density at radius 3 is 2.32 bits per heavy atom. The molecule has 0 aliphatic rings. The molecule has 0 saturated carbocycles. The number of hydrogen-bond acceptors (Lipinski definition) is 4. The first-order chi connectivity index (χ1) is 14.9. The van der Waals surface area contributed by atoms with Gasteiger partial charge in [-0.3, -0.25) is 4.79 Å². The fourth-order valence-corrected chi connectivity index (χ4v) is 4.56. The van der Waals surface area contributed by atoms with E-state index in [-0.39, 0.29) is 29.8 Å². The third-order valence-corrected chi connectivity index (χ3v) is 6.66. The molecule has 3 aromatic rings. The van der Waals surface area contributed by atoms with Crippen LogP contribution in [0.15, 0.2) is 77.7 Å². The van der Waals surface area contributed by atoms with Gasteiger partial charge in [-0.05, 0) is 49.0 Å². The Labute approximate surface area is 184 Å². The number of sulfonamides is 1. The number of carbonyl (C=O) groups excluding carboxylic acids is 1. The molecule has 7 heteroatoms. The van der Waals surface area contributed by atoms with Gasteiger partial charge >= 0.3 is 0 Å². The number of nitrogens with one attached hydrogen (secondary N) is 2. The summed E-state index contributed by atoms with van der Waals surface area (Å²) in [6.07, 6.45) is 0.686. The van der Waals surface area contributed by atoms with Crippen molar-refractivity contribution < 1.29 is 13.2 Å². The molecule has 164 valence electrons. The van der Waals surface area contributed by atoms with Crippen molar-refractivity contribution in [1.29, 1.82) is 0 Å². The highest BCUT2D eigenvalue weighted by Gasteiger charge is 2.16. The van der Waals surface area contributed by atoms with Gasteiger partial charge in [-0.1, -0.05) is 60.7 Å². The van der Waals surface area contributed by atoms with Crippen molar-refractivity contribution >= 4 is 26.7 Å². The largest absolute Gasteiger partial charge is 0.354 e. The molecule has 0 saturated heterocycles. The Kier molecular flexibility index (Phi) is 7.79. The predicted molar refractivity (Wildman–Crippen MR) is 124 cm³/mol. The van der Waals surface area contributed by atoms with Crippen LogP contribution in [0, 0.1) is 0 Å². The molecule has 31 heavy (non-hydrogen) atoms. The maximum atomic E-state index is 12.6. The monoisotopic (exact) mass is 439 g/mol. The van der Waals surface area contributed by atoms with Crippen molar-refractivity contribution in [2.24, 2.45) is 0 Å². The molecule has 0 aliphatic heterocycles. The molecular weight excluding hydrogens is 410 g/mol. The van der Waals surface area contributed by atoms with Crippen molar-refractivity contribution in [1.82, 2.24) is 14.9 Å². The van der Waals surface area contributed by atoms with Crippen molar-refractivity contribution in [3.05, 3.63) is 78.4 Å². The maximum Gasteiger partial charge on any atom is 0.240 e. The summed E-state index contributed by atoms with van der Waals surface area (Å²) in [6.45, 7) is 0.705. The summed E-state index contributed by atoms with van der Waals surface area (Å²) in [5, 5.41) is 4.82. The van der Waals surface area contributed by atoms with E-state index in [0.29, 0.717) is 13.0 Å². The summed E-state index contributed by atoms with van der Waals surface area (Å²) < 4.78 is 27.7. The lowest BCUT2D eigenvalue weighted by Gasteiger charge is -2.25. The van der Waals surface area contributed by atoms with Crippen molar-refractivity contribution in [2.45, 2.75) is 23.8 Å². The molecule has 2 N–H and O–H groups in total. The van der Waals surface area contributed by atoms with Gasteiger partial charge in [0, 0.05) is 19.5 Å². The third-order valence-electron chi connectivity index (χ3n) is 5.20. The standard InChI is InChI=1S/C24H29N3O3S/c1-27(2)23(20-10-4-3-5-11-20)18-25-24(28)13-8-16-26-31(29,30)22-15-14-19-9-6-7-12-21(19)17-22/h3-7,9-12,14-15,17,23,26H,8,13,16,18H2,1-2H3,(H,25,28). The van der Waals surface area contributed by atoms with E-state index >= 15 is 0 Å². The van der Waals surface area contributed by atoms with E-state index in [0.717, 1.165) is 16.3 Å². The van der Waals surface area contributed by atoms with Crippen molar-refractivity contribution in [2.75, 3.05) is 27.2 Å². The first kappa shape index (κ1) is 22.9. The minimum Gasteiger partial charge on any atom is -0.354 e. The van der Waals surface area contributed by atoms with Gasteiger partial charge < -0.3 is 10.2 Å². The number of amides is 1. The van der Waals surface area contributed by atoms with Crippen LogP contribution >= 0.6 is 0 Å². The van der Waals surface area contributed by atoms with E-state index in [2.05, 4.69) is 14.9 Å². The van der Waals surface area contributed by atoms with Gasteiger partial charge in [0.05, 0.1) is 10.9 Å². The highest BCUT2D eigenvalue weighted by Crippen LogP contribution is 2.19. The number of rotatable bonds is 10. The number of hydrogen-bond donors (Lipinski definition) is 2. The molecule has 0 bridgehead atoms. The van der Waals surface area contributed by atoms with Crippen LogP contribution in [0.1, 0.15) is 24.4 Å². The zero-order valence-electron chi connectivity index (χ0n) is 17.9. The quantitative estimate of drug-likeness (QED) is 0.475. The molecule has 0 spiro atoms. The normalized spacial score (nSPS) is 12.7. The van der Waals surface area contributed by atoms with Crippen LogP contribution in [0.25, 0.3) is 10.8 Å². The van der Waals surface area contributed by atoms with Crippen LogP contribution in [-0.2, 0) is 14.8 Å². The summed E-state index contributed by atoms with van der Waals surface area (Å²) in [5.41, 5.74) is 1.14. The highest BCUT2D eigenvalue weighted by molar-refractivity contribution is 7.89. The SMILES string of the molecule is CN(C)C(CNC(=O)CCCNS(=O)(=O)c1ccc2ccccc2c1)c1ccccc1. The fraction of sp³-hybridized carbons (Fsp3) is 0.292. The van der Waals surface area contributed by atoms with Crippen LogP contribution in [0.3, 0.4) is 0 Å². The fourth-order valence-electron chi connectivity index (χ4n) is 3.45. The first-order valence-corrected chi connectivity index (χ1v) is 11.8. The van der Waals surface area contributed by atoms with E-state index < -0.39 is 10.0 Å². The van der Waals surface area contributed by atoms with Gasteiger partial charge in [0.15, 0.2) is 0 Å². The smallest absolute Gasteiger partial charge is 0.240 e. The van der Waals surface area contributed by atoms with Gasteiger partial charge in [0.1, 0.15) is 0 Å². The van der Waals surface area contributed by atoms with E-state index in [1.807, 2.05) is 68.7 Å². The summed E-state index contributed by atoms with van der Waals surface area (Å²) in [6, 6.07) is 22.8. The van der Waals surface area contributed by atoms with E-state index in [4.69, 9.17) is 0 Å². The number of fused-ring (bicyclic) bond motifs is 1. The summed E-state index contributed by atoms with van der Waals surface area (Å²) >= 11 is 0. The molecule has 0 radical (unpaired) electrons. The Morgan fingerprint density at radius 1 is 0.935 bits per heavy atom. The summed E-state index contributed by atoms with van der Waals surface area (Å²) in [5.74, 6) is -0.0901. The van der Waals surface area contributed by atoms with Gasteiger partial charge in [-0.15, -0.1) is 0 Å². The Balaban J connectivity index is 1.46. The van der Waals surface area contributed by atoms with E-state index in [1.54, 1.807) is 18.2 Å². The molecule has 0 aromatic heterocycles. The van der Waals surface area contributed by atoms with Crippen LogP contribution < -0.4 is 10.0 Å². The second kappa shape index (κ2) is 10.5. The zero-order valence-corrected chi connectivity index (χ0v) is 18.7. The molecule has 3 rings (SSSR count). The molecule has 0 aliphatic carbocycles. The molecule has 6 nitrogen and oxygen atoms in total. The van der Waals surface area contributed by atoms with Gasteiger partial charge in [-0.2, -0.15) is 0 Å². The molecule has 1 atom stereocenters. The number of likely N-dealkylation sites (N-methyl/N-ethyl adjacent to an activating group) is 1. The average Bonchev–Trinajstić information content (AvgIpc) is 2.77. The third kappa shape index (κ3) is 6.37. The van der Waals surface area contributed by atoms with Crippen molar-refractivity contribution in [3.63, 3.8) is 0 Å². The van der Waals surface area contributed by atoms with E-state index in [1.165, 1.54) is 0 Å². The lowest BCUT2D eigenvalue weighted by Crippen LogP contribution is -2.35. The Bertz CT molecular complexity index is 1120. The lowest BCUT2D eigenvalue weighted by molar-refractivity contribution is -0.121. The molecule has 1 amide bonds. The minimum absolute atomic E-state index is 0.0801. The Morgan fingerprint density at radius 2 is 1.61 bits per heavy atom. The van der Waals surface area contributed by atoms with Crippen molar-refractivity contribution in [3.8, 4) is 0 Å². The molecule has 3 aromatic carbocycles. The second-order valence-corrected chi connectivity index (χ2v) is 9.47. The van der Waals surface area contributed by atoms with Gasteiger partial charge in [0.2, 0.25) is 15.9 Å². The number of benzene rings is 3. The number of nitrogens with zero attached hydrogens (tertiary/aromatic N) is 1. The zero-order chi connectivity index (χ0) is 22.3. The molecular formula is C24H29N3O3S. The van der Waals surface area contributed by atoms with E-state index in [9.17, 15) is 13.2 Å². The topological polar surface area (TPSA) is 78.5 Å². The van der Waals surface area contributed by atoms with Crippen LogP contribution in [0.5, 0.6) is 0 Å². The van der Waals surface area contributed by atoms with Crippen LogP contribution in [0.2, 0.25) is 0 Å². The highest BCUT2D eigenvalue weighted by atomic mass is 32.2. The maximum absolute atomic E-state index is 12.6. The molecule has 0 heterocycles. The summed E-state index contributed by atoms with van der Waals surface area (Å²) in [7, 11) is 0.344. The molecule has 1 unspecified atom stereocenters. The molecule has 0 fully saturated rings. The lowest BCUT2D eigenvalue weighted by atomic mass is 10.1.